The van der Waals surface area contributed by atoms with Crippen LogP contribution in [-0.2, 0) is 0 Å². The van der Waals surface area contributed by atoms with Crippen LogP contribution in [0, 0.1) is 22.5 Å². The van der Waals surface area contributed by atoms with Crippen LogP contribution in [0.4, 0.5) is 0 Å². The lowest BCUT2D eigenvalue weighted by Gasteiger charge is -2.11. The number of nitrogens with zero attached hydrogens (tertiary/aromatic N) is 1. The van der Waals surface area contributed by atoms with Crippen LogP contribution in [0.2, 0.25) is 0 Å². The van der Waals surface area contributed by atoms with Gasteiger partial charge in [0.2, 0.25) is 0 Å². The van der Waals surface area contributed by atoms with Crippen molar-refractivity contribution >= 4 is 12.6 Å². The van der Waals surface area contributed by atoms with Gasteiger partial charge in [-0.2, -0.15) is 5.26 Å². The summed E-state index contributed by atoms with van der Waals surface area (Å²) in [5.41, 5.74) is 0. The van der Waals surface area contributed by atoms with Gasteiger partial charge in [0, 0.05) is 0 Å². The Balaban J connectivity index is 0. The van der Waals surface area contributed by atoms with E-state index in [0.29, 0.717) is 0 Å². The molecule has 0 aliphatic carbocycles. The second kappa shape index (κ2) is 11.8. The summed E-state index contributed by atoms with van der Waals surface area (Å²) in [6.07, 6.45) is 5.53. The lowest BCUT2D eigenvalue weighted by atomic mass is 9.95. The first-order valence-electron chi connectivity index (χ1n) is 5.15. The van der Waals surface area contributed by atoms with Gasteiger partial charge in [-0.15, -0.1) is 0 Å². The molecule has 0 saturated heterocycles. The quantitative estimate of drug-likeness (QED) is 0.521. The smallest absolute Gasteiger partial charge is 0.130 e. The number of hydrogen-bond acceptors (Lipinski definition) is 2. The van der Waals surface area contributed by atoms with E-state index in [4.69, 9.17) is 5.26 Å². The normalized spacial score (nSPS) is 13.5. The monoisotopic (exact) mass is 201 g/mol. The highest BCUT2D eigenvalue weighted by atomic mass is 32.1. The van der Waals surface area contributed by atoms with E-state index in [1.54, 1.807) is 0 Å². The van der Waals surface area contributed by atoms with Crippen LogP contribution >= 0.6 is 12.6 Å². The minimum absolute atomic E-state index is 0.939. The molecule has 2 heteroatoms. The Bertz CT molecular complexity index is 119. The molecule has 13 heavy (non-hydrogen) atoms. The van der Waals surface area contributed by atoms with E-state index < -0.39 is 0 Å². The molecule has 0 amide bonds. The first-order valence-corrected chi connectivity index (χ1v) is 5.60. The average Bonchev–Trinajstić information content (AvgIpc) is 2.14. The second-order valence-corrected chi connectivity index (χ2v) is 3.90. The molecule has 2 unspecified atom stereocenters. The van der Waals surface area contributed by atoms with Crippen molar-refractivity contribution < 1.29 is 0 Å². The minimum atomic E-state index is 0.939. The Labute approximate surface area is 88.9 Å². The molecule has 0 fully saturated rings. The van der Waals surface area contributed by atoms with Gasteiger partial charge < -0.3 is 0 Å². The fourth-order valence-electron chi connectivity index (χ4n) is 0.977. The van der Waals surface area contributed by atoms with Gasteiger partial charge >= 0.3 is 0 Å². The summed E-state index contributed by atoms with van der Waals surface area (Å²) in [7, 11) is 0. The summed E-state index contributed by atoms with van der Waals surface area (Å²) < 4.78 is 0. The summed E-state index contributed by atoms with van der Waals surface area (Å²) in [4.78, 5) is 0. The van der Waals surface area contributed by atoms with Crippen molar-refractivity contribution in [3.05, 3.63) is 0 Å². The summed E-state index contributed by atoms with van der Waals surface area (Å²) in [5.74, 6) is 1.88. The van der Waals surface area contributed by atoms with Gasteiger partial charge in [0.1, 0.15) is 5.40 Å². The maximum Gasteiger partial charge on any atom is 0.130 e. The zero-order valence-corrected chi connectivity index (χ0v) is 10.3. The lowest BCUT2D eigenvalue weighted by molar-refractivity contribution is 0.415. The van der Waals surface area contributed by atoms with Crippen LogP contribution in [0.1, 0.15) is 53.4 Å². The SMILES string of the molecule is CCC(C)CCC(C)CC.N#CS. The molecule has 2 atom stereocenters. The van der Waals surface area contributed by atoms with E-state index in [1.165, 1.54) is 31.1 Å². The molecule has 0 heterocycles. The third-order valence-corrected chi connectivity index (χ3v) is 2.55. The van der Waals surface area contributed by atoms with Crippen molar-refractivity contribution in [1.82, 2.24) is 0 Å². The number of thiol groups is 1. The van der Waals surface area contributed by atoms with Crippen LogP contribution < -0.4 is 0 Å². The summed E-state index contributed by atoms with van der Waals surface area (Å²) in [6, 6.07) is 0. The van der Waals surface area contributed by atoms with Crippen molar-refractivity contribution in [2.45, 2.75) is 53.4 Å². The summed E-state index contributed by atoms with van der Waals surface area (Å²) in [5, 5.41) is 8.63. The molecule has 0 aliphatic heterocycles. The number of thiocyanates is 1. The average molecular weight is 201 g/mol. The molecule has 0 aromatic carbocycles. The fourth-order valence-corrected chi connectivity index (χ4v) is 0.977. The highest BCUT2D eigenvalue weighted by Crippen LogP contribution is 2.16. The Morgan fingerprint density at radius 3 is 1.46 bits per heavy atom. The van der Waals surface area contributed by atoms with Crippen molar-refractivity contribution in [3.63, 3.8) is 0 Å². The Kier molecular flexibility index (Phi) is 14.0. The van der Waals surface area contributed by atoms with Gasteiger partial charge in [0.25, 0.3) is 0 Å². The Morgan fingerprint density at radius 1 is 1.08 bits per heavy atom. The summed E-state index contributed by atoms with van der Waals surface area (Å²) >= 11 is 3.09. The predicted molar refractivity (Wildman–Crippen MR) is 62.7 cm³/mol. The zero-order chi connectivity index (χ0) is 10.7. The lowest BCUT2D eigenvalue weighted by Crippen LogP contribution is -1.97. The molecule has 0 N–H and O–H groups in total. The van der Waals surface area contributed by atoms with Gasteiger partial charge in [-0.3, -0.25) is 0 Å². The van der Waals surface area contributed by atoms with Crippen molar-refractivity contribution in [2.24, 2.45) is 11.8 Å². The number of rotatable bonds is 5. The zero-order valence-electron chi connectivity index (χ0n) is 9.38. The van der Waals surface area contributed by atoms with Crippen LogP contribution in [-0.4, -0.2) is 0 Å². The molecule has 0 bridgehead atoms. The molecule has 0 saturated carbocycles. The van der Waals surface area contributed by atoms with E-state index in [1.807, 2.05) is 0 Å². The molecule has 0 spiro atoms. The number of hydrogen-bond donors (Lipinski definition) is 1. The van der Waals surface area contributed by atoms with E-state index in [2.05, 4.69) is 40.3 Å². The molecule has 0 aromatic heterocycles. The molecule has 0 rings (SSSR count). The molecule has 1 nitrogen and oxygen atoms in total. The Hall–Kier alpha value is -0.160. The highest BCUT2D eigenvalue weighted by Gasteiger charge is 2.02. The van der Waals surface area contributed by atoms with Gasteiger partial charge in [-0.05, 0) is 11.8 Å². The van der Waals surface area contributed by atoms with Crippen molar-refractivity contribution in [1.29, 1.82) is 5.26 Å². The standard InChI is InChI=1S/C10H22.CHNS/c1-5-9(3)7-8-10(4)6-2;2-1-3/h9-10H,5-8H2,1-4H3;3H. The van der Waals surface area contributed by atoms with Gasteiger partial charge in [0.05, 0.1) is 0 Å². The maximum atomic E-state index is 7.18. The fraction of sp³-hybridized carbons (Fsp3) is 0.909. The maximum absolute atomic E-state index is 7.18. The molecular weight excluding hydrogens is 178 g/mol. The van der Waals surface area contributed by atoms with E-state index in [0.717, 1.165) is 11.8 Å². The van der Waals surface area contributed by atoms with Crippen LogP contribution in [0.3, 0.4) is 0 Å². The van der Waals surface area contributed by atoms with E-state index in [-0.39, 0.29) is 0 Å². The van der Waals surface area contributed by atoms with Crippen molar-refractivity contribution in [3.8, 4) is 5.40 Å². The predicted octanol–water partition coefficient (Wildman–Crippen LogP) is 4.26. The summed E-state index contributed by atoms with van der Waals surface area (Å²) in [6.45, 7) is 9.26. The van der Waals surface area contributed by atoms with Gasteiger partial charge in [-0.1, -0.05) is 66.0 Å². The van der Waals surface area contributed by atoms with Gasteiger partial charge in [0.15, 0.2) is 0 Å². The Morgan fingerprint density at radius 2 is 1.31 bits per heavy atom. The van der Waals surface area contributed by atoms with Crippen LogP contribution in [0.15, 0.2) is 0 Å². The third-order valence-electron chi connectivity index (χ3n) is 2.55. The largest absolute Gasteiger partial charge is 0.185 e. The first kappa shape index (κ1) is 15.3. The van der Waals surface area contributed by atoms with Crippen molar-refractivity contribution in [2.75, 3.05) is 0 Å². The molecular formula is C11H23NS. The molecule has 0 aliphatic rings. The molecule has 0 radical (unpaired) electrons. The first-order chi connectivity index (χ1) is 6.12. The molecule has 78 valence electrons. The number of nitriles is 1. The van der Waals surface area contributed by atoms with Crippen LogP contribution in [0.5, 0.6) is 0 Å². The second-order valence-electron chi connectivity index (χ2n) is 3.70. The van der Waals surface area contributed by atoms with Gasteiger partial charge in [-0.25, -0.2) is 0 Å². The van der Waals surface area contributed by atoms with Crippen LogP contribution in [0.25, 0.3) is 0 Å². The highest BCUT2D eigenvalue weighted by molar-refractivity contribution is 7.85. The van der Waals surface area contributed by atoms with E-state index in [9.17, 15) is 0 Å². The topological polar surface area (TPSA) is 23.8 Å². The molecule has 0 aromatic rings. The minimum Gasteiger partial charge on any atom is -0.185 e. The van der Waals surface area contributed by atoms with E-state index >= 15 is 0 Å². The third kappa shape index (κ3) is 14.7.